The van der Waals surface area contributed by atoms with Gasteiger partial charge in [-0.3, -0.25) is 0 Å². The van der Waals surface area contributed by atoms with Crippen molar-refractivity contribution in [2.75, 3.05) is 0 Å². The molecule has 0 saturated heterocycles. The first kappa shape index (κ1) is 11.0. The largest absolute Gasteiger partial charge is 0.322 e. The molecule has 0 bridgehead atoms. The Morgan fingerprint density at radius 3 is 2.62 bits per heavy atom. The summed E-state index contributed by atoms with van der Waals surface area (Å²) >= 11 is 9.32. The molecule has 3 heteroatoms. The normalized spacial score (nSPS) is 15.5. The Morgan fingerprint density at radius 1 is 1.54 bits per heavy atom. The van der Waals surface area contributed by atoms with Crippen LogP contribution in [-0.2, 0) is 5.54 Å². The van der Waals surface area contributed by atoms with Gasteiger partial charge in [-0.1, -0.05) is 24.6 Å². The van der Waals surface area contributed by atoms with Crippen LogP contribution in [0.15, 0.2) is 22.7 Å². The second-order valence-corrected chi connectivity index (χ2v) is 4.66. The quantitative estimate of drug-likeness (QED) is 0.864. The molecule has 0 heterocycles. The van der Waals surface area contributed by atoms with Gasteiger partial charge in [0, 0.05) is 10.0 Å². The third-order valence-electron chi connectivity index (χ3n) is 2.31. The van der Waals surface area contributed by atoms with Crippen molar-refractivity contribution in [1.29, 1.82) is 0 Å². The van der Waals surface area contributed by atoms with Crippen molar-refractivity contribution in [1.82, 2.24) is 0 Å². The van der Waals surface area contributed by atoms with Crippen LogP contribution in [0.25, 0.3) is 0 Å². The second-order valence-electron chi connectivity index (χ2n) is 3.40. The molecule has 0 radical (unpaired) electrons. The summed E-state index contributed by atoms with van der Waals surface area (Å²) in [5.74, 6) is 0. The van der Waals surface area contributed by atoms with Crippen LogP contribution in [0.1, 0.15) is 25.8 Å². The summed E-state index contributed by atoms with van der Waals surface area (Å²) in [5, 5.41) is 0.711. The minimum absolute atomic E-state index is 0.287. The van der Waals surface area contributed by atoms with E-state index in [-0.39, 0.29) is 5.54 Å². The molecule has 0 aromatic heterocycles. The Kier molecular flexibility index (Phi) is 3.38. The minimum atomic E-state index is -0.287. The summed E-state index contributed by atoms with van der Waals surface area (Å²) in [7, 11) is 0. The maximum Gasteiger partial charge on any atom is 0.0551 e. The van der Waals surface area contributed by atoms with E-state index in [9.17, 15) is 0 Å². The standard InChI is InChI=1S/C10H13BrClN/c1-3-10(2,13)7-4-5-8(11)9(12)6-7/h4-6H,3,13H2,1-2H3. The van der Waals surface area contributed by atoms with Crippen molar-refractivity contribution >= 4 is 27.5 Å². The highest BCUT2D eigenvalue weighted by molar-refractivity contribution is 9.10. The second kappa shape index (κ2) is 3.99. The zero-order chi connectivity index (χ0) is 10.1. The van der Waals surface area contributed by atoms with Gasteiger partial charge in [0.1, 0.15) is 0 Å². The van der Waals surface area contributed by atoms with E-state index in [2.05, 4.69) is 22.9 Å². The molecule has 0 saturated carbocycles. The third-order valence-corrected chi connectivity index (χ3v) is 3.55. The molecular weight excluding hydrogens is 249 g/mol. The summed E-state index contributed by atoms with van der Waals surface area (Å²) in [6, 6.07) is 5.84. The van der Waals surface area contributed by atoms with E-state index in [1.54, 1.807) is 0 Å². The zero-order valence-corrected chi connectivity index (χ0v) is 10.1. The van der Waals surface area contributed by atoms with Gasteiger partial charge >= 0.3 is 0 Å². The molecule has 0 aliphatic carbocycles. The molecule has 0 amide bonds. The average molecular weight is 263 g/mol. The van der Waals surface area contributed by atoms with Crippen LogP contribution < -0.4 is 5.73 Å². The van der Waals surface area contributed by atoms with Gasteiger partial charge in [0.05, 0.1) is 5.02 Å². The Balaban J connectivity index is 3.10. The average Bonchev–Trinajstić information content (AvgIpc) is 2.09. The van der Waals surface area contributed by atoms with E-state index in [0.717, 1.165) is 16.5 Å². The van der Waals surface area contributed by atoms with Gasteiger partial charge in [0.25, 0.3) is 0 Å². The van der Waals surface area contributed by atoms with Crippen molar-refractivity contribution in [3.8, 4) is 0 Å². The molecule has 0 aliphatic rings. The van der Waals surface area contributed by atoms with Crippen molar-refractivity contribution < 1.29 is 0 Å². The van der Waals surface area contributed by atoms with E-state index in [1.165, 1.54) is 0 Å². The first-order chi connectivity index (χ1) is 5.97. The molecular formula is C10H13BrClN. The molecule has 1 aromatic rings. The Bertz CT molecular complexity index is 310. The van der Waals surface area contributed by atoms with Crippen LogP contribution >= 0.6 is 27.5 Å². The van der Waals surface area contributed by atoms with E-state index in [1.807, 2.05) is 25.1 Å². The number of halogens is 2. The summed E-state index contributed by atoms with van der Waals surface area (Å²) in [6.07, 6.45) is 0.894. The van der Waals surface area contributed by atoms with Gasteiger partial charge in [-0.15, -0.1) is 0 Å². The van der Waals surface area contributed by atoms with Gasteiger partial charge in [-0.25, -0.2) is 0 Å². The summed E-state index contributed by atoms with van der Waals surface area (Å²) in [5.41, 5.74) is 6.87. The van der Waals surface area contributed by atoms with Crippen molar-refractivity contribution in [3.05, 3.63) is 33.3 Å². The number of benzene rings is 1. The van der Waals surface area contributed by atoms with Crippen LogP contribution in [0, 0.1) is 0 Å². The molecule has 0 fully saturated rings. The highest BCUT2D eigenvalue weighted by Gasteiger charge is 2.18. The van der Waals surface area contributed by atoms with Gasteiger partial charge < -0.3 is 5.73 Å². The lowest BCUT2D eigenvalue weighted by atomic mass is 9.91. The molecule has 0 aliphatic heterocycles. The topological polar surface area (TPSA) is 26.0 Å². The van der Waals surface area contributed by atoms with Crippen molar-refractivity contribution in [3.63, 3.8) is 0 Å². The van der Waals surface area contributed by atoms with E-state index in [0.29, 0.717) is 5.02 Å². The summed E-state index contributed by atoms with van der Waals surface area (Å²) < 4.78 is 0.907. The first-order valence-electron chi connectivity index (χ1n) is 4.22. The summed E-state index contributed by atoms with van der Waals surface area (Å²) in [6.45, 7) is 4.07. The third kappa shape index (κ3) is 2.46. The molecule has 0 spiro atoms. The lowest BCUT2D eigenvalue weighted by Gasteiger charge is -2.23. The van der Waals surface area contributed by atoms with Crippen LogP contribution in [-0.4, -0.2) is 0 Å². The van der Waals surface area contributed by atoms with Gasteiger partial charge in [-0.2, -0.15) is 0 Å². The number of rotatable bonds is 2. The molecule has 2 N–H and O–H groups in total. The highest BCUT2D eigenvalue weighted by Crippen LogP contribution is 2.28. The molecule has 1 unspecified atom stereocenters. The molecule has 1 nitrogen and oxygen atoms in total. The fourth-order valence-electron chi connectivity index (χ4n) is 1.06. The van der Waals surface area contributed by atoms with Gasteiger partial charge in [0.2, 0.25) is 0 Å². The molecule has 13 heavy (non-hydrogen) atoms. The van der Waals surface area contributed by atoms with E-state index < -0.39 is 0 Å². The van der Waals surface area contributed by atoms with E-state index in [4.69, 9.17) is 17.3 Å². The minimum Gasteiger partial charge on any atom is -0.322 e. The maximum absolute atomic E-state index is 6.08. The number of hydrogen-bond donors (Lipinski definition) is 1. The molecule has 1 rings (SSSR count). The van der Waals surface area contributed by atoms with Gasteiger partial charge in [-0.05, 0) is 47.0 Å². The van der Waals surface area contributed by atoms with Crippen LogP contribution in [0.5, 0.6) is 0 Å². The SMILES string of the molecule is CCC(C)(N)c1ccc(Br)c(Cl)c1. The Morgan fingerprint density at radius 2 is 2.15 bits per heavy atom. The lowest BCUT2D eigenvalue weighted by Crippen LogP contribution is -2.31. The lowest BCUT2D eigenvalue weighted by molar-refractivity contribution is 0.476. The Hall–Kier alpha value is -0.0500. The smallest absolute Gasteiger partial charge is 0.0551 e. The summed E-state index contributed by atoms with van der Waals surface area (Å²) in [4.78, 5) is 0. The van der Waals surface area contributed by atoms with Crippen LogP contribution in [0.2, 0.25) is 5.02 Å². The molecule has 1 aromatic carbocycles. The van der Waals surface area contributed by atoms with Crippen LogP contribution in [0.3, 0.4) is 0 Å². The first-order valence-corrected chi connectivity index (χ1v) is 5.39. The molecule has 1 atom stereocenters. The Labute approximate surface area is 92.4 Å². The fraction of sp³-hybridized carbons (Fsp3) is 0.400. The molecule has 72 valence electrons. The predicted molar refractivity (Wildman–Crippen MR) is 61.0 cm³/mol. The maximum atomic E-state index is 6.08. The van der Waals surface area contributed by atoms with Gasteiger partial charge in [0.15, 0.2) is 0 Å². The number of hydrogen-bond acceptors (Lipinski definition) is 1. The predicted octanol–water partition coefficient (Wildman–Crippen LogP) is 3.69. The van der Waals surface area contributed by atoms with E-state index >= 15 is 0 Å². The number of nitrogens with two attached hydrogens (primary N) is 1. The van der Waals surface area contributed by atoms with Crippen molar-refractivity contribution in [2.24, 2.45) is 5.73 Å². The fourth-order valence-corrected chi connectivity index (χ4v) is 1.48. The zero-order valence-electron chi connectivity index (χ0n) is 7.77. The monoisotopic (exact) mass is 261 g/mol. The van der Waals surface area contributed by atoms with Crippen molar-refractivity contribution in [2.45, 2.75) is 25.8 Å². The highest BCUT2D eigenvalue weighted by atomic mass is 79.9. The van der Waals surface area contributed by atoms with Crippen LogP contribution in [0.4, 0.5) is 0 Å².